The van der Waals surface area contributed by atoms with E-state index in [9.17, 15) is 8.42 Å². The van der Waals surface area contributed by atoms with E-state index in [0.717, 1.165) is 23.4 Å². The van der Waals surface area contributed by atoms with Gasteiger partial charge in [0.1, 0.15) is 0 Å². The molecule has 0 spiro atoms. The highest BCUT2D eigenvalue weighted by Gasteiger charge is 2.29. The number of nitrogens with zero attached hydrogens (tertiary/aromatic N) is 2. The predicted octanol–water partition coefficient (Wildman–Crippen LogP) is 2.55. The molecular formula is C19H23N3O2S. The first-order valence-electron chi connectivity index (χ1n) is 8.74. The second-order valence-corrected chi connectivity index (χ2v) is 8.73. The molecule has 4 rings (SSSR count). The van der Waals surface area contributed by atoms with Crippen LogP contribution in [0.15, 0.2) is 53.4 Å². The Balaban J connectivity index is 1.50. The zero-order chi connectivity index (χ0) is 17.4. The fraction of sp³-hybridized carbons (Fsp3) is 0.368. The number of anilines is 2. The molecule has 0 saturated carbocycles. The molecule has 2 heterocycles. The summed E-state index contributed by atoms with van der Waals surface area (Å²) in [4.78, 5) is 2.65. The standard InChI is InChI=1S/C19H23N3O2S/c1-15-13-16-14-18(7-8-19(16)20-15)25(23,24)22-11-9-21(10-12-22)17-5-3-2-4-6-17/h2-8,14-15,20H,9-13H2,1H3/t15-/m1/s1. The topological polar surface area (TPSA) is 52.7 Å². The smallest absolute Gasteiger partial charge is 0.243 e. The summed E-state index contributed by atoms with van der Waals surface area (Å²) in [6.07, 6.45) is 0.875. The first kappa shape index (κ1) is 16.4. The summed E-state index contributed by atoms with van der Waals surface area (Å²) in [6.45, 7) is 4.57. The molecule has 2 aliphatic rings. The summed E-state index contributed by atoms with van der Waals surface area (Å²) in [5.41, 5.74) is 3.30. The van der Waals surface area contributed by atoms with Gasteiger partial charge in [-0.3, -0.25) is 0 Å². The maximum absolute atomic E-state index is 13.0. The van der Waals surface area contributed by atoms with Crippen LogP contribution in [0.1, 0.15) is 12.5 Å². The Labute approximate surface area is 149 Å². The number of hydrogen-bond donors (Lipinski definition) is 1. The van der Waals surface area contributed by atoms with Crippen molar-refractivity contribution in [2.75, 3.05) is 36.4 Å². The number of nitrogens with one attached hydrogen (secondary N) is 1. The monoisotopic (exact) mass is 357 g/mol. The number of fused-ring (bicyclic) bond motifs is 1. The van der Waals surface area contributed by atoms with Gasteiger partial charge in [0.15, 0.2) is 0 Å². The molecule has 0 radical (unpaired) electrons. The van der Waals surface area contributed by atoms with E-state index >= 15 is 0 Å². The molecular weight excluding hydrogens is 334 g/mol. The van der Waals surface area contributed by atoms with Crippen molar-refractivity contribution in [3.63, 3.8) is 0 Å². The van der Waals surface area contributed by atoms with Crippen LogP contribution in [0.2, 0.25) is 0 Å². The number of para-hydroxylation sites is 1. The van der Waals surface area contributed by atoms with E-state index in [1.807, 2.05) is 30.3 Å². The number of sulfonamides is 1. The average molecular weight is 357 g/mol. The van der Waals surface area contributed by atoms with Crippen LogP contribution in [-0.4, -0.2) is 44.9 Å². The van der Waals surface area contributed by atoms with E-state index in [0.29, 0.717) is 37.1 Å². The maximum Gasteiger partial charge on any atom is 0.243 e. The van der Waals surface area contributed by atoms with Gasteiger partial charge < -0.3 is 10.2 Å². The number of hydrogen-bond acceptors (Lipinski definition) is 4. The first-order chi connectivity index (χ1) is 12.0. The zero-order valence-corrected chi connectivity index (χ0v) is 15.2. The van der Waals surface area contributed by atoms with E-state index in [1.165, 1.54) is 0 Å². The summed E-state index contributed by atoms with van der Waals surface area (Å²) in [7, 11) is -3.43. The van der Waals surface area contributed by atoms with Crippen molar-refractivity contribution in [3.05, 3.63) is 54.1 Å². The van der Waals surface area contributed by atoms with Crippen LogP contribution in [0.4, 0.5) is 11.4 Å². The Morgan fingerprint density at radius 3 is 2.44 bits per heavy atom. The van der Waals surface area contributed by atoms with Crippen molar-refractivity contribution in [1.29, 1.82) is 0 Å². The quantitative estimate of drug-likeness (QED) is 0.917. The van der Waals surface area contributed by atoms with Crippen LogP contribution >= 0.6 is 0 Å². The third-order valence-electron chi connectivity index (χ3n) is 5.00. The fourth-order valence-corrected chi connectivity index (χ4v) is 5.13. The second-order valence-electron chi connectivity index (χ2n) is 6.80. The van der Waals surface area contributed by atoms with Gasteiger partial charge in [-0.2, -0.15) is 4.31 Å². The van der Waals surface area contributed by atoms with Crippen molar-refractivity contribution >= 4 is 21.4 Å². The van der Waals surface area contributed by atoms with E-state index in [1.54, 1.807) is 10.4 Å². The number of piperazine rings is 1. The normalized spacial score (nSPS) is 21.0. The third kappa shape index (κ3) is 3.12. The van der Waals surface area contributed by atoms with Gasteiger partial charge in [-0.05, 0) is 49.2 Å². The van der Waals surface area contributed by atoms with Crippen molar-refractivity contribution in [2.24, 2.45) is 0 Å². The van der Waals surface area contributed by atoms with Crippen molar-refractivity contribution in [1.82, 2.24) is 4.31 Å². The lowest BCUT2D eigenvalue weighted by Crippen LogP contribution is -2.48. The molecule has 0 unspecified atom stereocenters. The molecule has 2 aliphatic heterocycles. The summed E-state index contributed by atoms with van der Waals surface area (Å²) in [5.74, 6) is 0. The van der Waals surface area contributed by atoms with E-state index in [-0.39, 0.29) is 0 Å². The molecule has 0 bridgehead atoms. The molecule has 2 aromatic rings. The first-order valence-corrected chi connectivity index (χ1v) is 10.2. The predicted molar refractivity (Wildman–Crippen MR) is 101 cm³/mol. The van der Waals surface area contributed by atoms with E-state index in [2.05, 4.69) is 29.3 Å². The molecule has 0 amide bonds. The summed E-state index contributed by atoms with van der Waals surface area (Å²) in [5, 5.41) is 3.36. The summed E-state index contributed by atoms with van der Waals surface area (Å²) < 4.78 is 27.6. The Kier molecular flexibility index (Phi) is 4.17. The molecule has 1 atom stereocenters. The van der Waals surface area contributed by atoms with Crippen LogP contribution in [-0.2, 0) is 16.4 Å². The van der Waals surface area contributed by atoms with Gasteiger partial charge in [0, 0.05) is 43.6 Å². The van der Waals surface area contributed by atoms with Crippen molar-refractivity contribution < 1.29 is 8.42 Å². The Bertz CT molecular complexity index is 859. The highest BCUT2D eigenvalue weighted by atomic mass is 32.2. The molecule has 2 aromatic carbocycles. The minimum absolute atomic E-state index is 0.363. The van der Waals surface area contributed by atoms with Crippen LogP contribution in [0.3, 0.4) is 0 Å². The van der Waals surface area contributed by atoms with Gasteiger partial charge in [-0.15, -0.1) is 0 Å². The van der Waals surface area contributed by atoms with E-state index in [4.69, 9.17) is 0 Å². The maximum atomic E-state index is 13.0. The third-order valence-corrected chi connectivity index (χ3v) is 6.90. The SMILES string of the molecule is C[C@@H]1Cc2cc(S(=O)(=O)N3CCN(c4ccccc4)CC3)ccc2N1. The molecule has 0 aromatic heterocycles. The molecule has 132 valence electrons. The van der Waals surface area contributed by atoms with Crippen LogP contribution in [0, 0.1) is 0 Å². The molecule has 6 heteroatoms. The number of rotatable bonds is 3. The van der Waals surface area contributed by atoms with Gasteiger partial charge >= 0.3 is 0 Å². The van der Waals surface area contributed by atoms with Gasteiger partial charge in [0.25, 0.3) is 0 Å². The van der Waals surface area contributed by atoms with Crippen molar-refractivity contribution in [2.45, 2.75) is 24.3 Å². The van der Waals surface area contributed by atoms with Crippen molar-refractivity contribution in [3.8, 4) is 0 Å². The summed E-state index contributed by atoms with van der Waals surface area (Å²) >= 11 is 0. The lowest BCUT2D eigenvalue weighted by Gasteiger charge is -2.35. The van der Waals surface area contributed by atoms with Gasteiger partial charge in [0.05, 0.1) is 4.90 Å². The van der Waals surface area contributed by atoms with Crippen LogP contribution < -0.4 is 10.2 Å². The second kappa shape index (κ2) is 6.35. The number of benzene rings is 2. The largest absolute Gasteiger partial charge is 0.382 e. The van der Waals surface area contributed by atoms with Gasteiger partial charge in [-0.1, -0.05) is 18.2 Å². The highest BCUT2D eigenvalue weighted by Crippen LogP contribution is 2.29. The fourth-order valence-electron chi connectivity index (χ4n) is 3.66. The lowest BCUT2D eigenvalue weighted by atomic mass is 10.1. The minimum atomic E-state index is -3.43. The molecule has 25 heavy (non-hydrogen) atoms. The van der Waals surface area contributed by atoms with Crippen LogP contribution in [0.25, 0.3) is 0 Å². The molecule has 1 fully saturated rings. The molecule has 1 N–H and O–H groups in total. The molecule has 1 saturated heterocycles. The highest BCUT2D eigenvalue weighted by molar-refractivity contribution is 7.89. The molecule has 0 aliphatic carbocycles. The van der Waals surface area contributed by atoms with E-state index < -0.39 is 10.0 Å². The van der Waals surface area contributed by atoms with Gasteiger partial charge in [0.2, 0.25) is 10.0 Å². The van der Waals surface area contributed by atoms with Gasteiger partial charge in [-0.25, -0.2) is 8.42 Å². The molecule has 5 nitrogen and oxygen atoms in total. The zero-order valence-electron chi connectivity index (χ0n) is 14.4. The Hall–Kier alpha value is -2.05. The Morgan fingerprint density at radius 1 is 1.00 bits per heavy atom. The average Bonchev–Trinajstić information content (AvgIpc) is 3.02. The Morgan fingerprint density at radius 2 is 1.72 bits per heavy atom. The minimum Gasteiger partial charge on any atom is -0.382 e. The van der Waals surface area contributed by atoms with Crippen LogP contribution in [0.5, 0.6) is 0 Å². The lowest BCUT2D eigenvalue weighted by molar-refractivity contribution is 0.385. The summed E-state index contributed by atoms with van der Waals surface area (Å²) in [6, 6.07) is 16.0.